The first kappa shape index (κ1) is 11.4. The number of rotatable bonds is 2. The third-order valence-corrected chi connectivity index (χ3v) is 2.98. The Morgan fingerprint density at radius 1 is 1.15 bits per heavy atom. The van der Waals surface area contributed by atoms with Gasteiger partial charge in [-0.3, -0.25) is 4.74 Å². The van der Waals surface area contributed by atoms with Crippen LogP contribution in [0.2, 0.25) is 0 Å². The highest BCUT2D eigenvalue weighted by atomic mass is 36.0. The quantitative estimate of drug-likeness (QED) is 0.627. The Balaban J connectivity index is 2.88. The maximum atomic E-state index is 5.65. The Bertz CT molecular complexity index is 311. The summed E-state index contributed by atoms with van der Waals surface area (Å²) in [5.41, 5.74) is 1.06. The van der Waals surface area contributed by atoms with E-state index in [1.54, 1.807) is 0 Å². The van der Waals surface area contributed by atoms with Gasteiger partial charge in [-0.1, -0.05) is 30.3 Å². The summed E-state index contributed by atoms with van der Waals surface area (Å²) < 4.78 is 4.09. The van der Waals surface area contributed by atoms with E-state index in [9.17, 15) is 0 Å². The van der Waals surface area contributed by atoms with E-state index in [-0.39, 0.29) is 6.04 Å². The smallest absolute Gasteiger partial charge is 0.224 e. The van der Waals surface area contributed by atoms with E-state index in [4.69, 9.17) is 33.7 Å². The Morgan fingerprint density at radius 2 is 1.69 bits per heavy atom. The molecule has 0 saturated heterocycles. The molecule has 0 aliphatic carbocycles. The van der Waals surface area contributed by atoms with Gasteiger partial charge in [0, 0.05) is 0 Å². The van der Waals surface area contributed by atoms with Crippen LogP contribution in [0.4, 0.5) is 0 Å². The molecule has 13 heavy (non-hydrogen) atoms. The van der Waals surface area contributed by atoms with E-state index in [1.165, 1.54) is 0 Å². The van der Waals surface area contributed by atoms with Crippen LogP contribution in [0.5, 0.6) is 0 Å². The van der Waals surface area contributed by atoms with Crippen molar-refractivity contribution in [2.45, 2.75) is 13.0 Å². The molecule has 1 aromatic carbocycles. The molecular weight excluding hydrogens is 247 g/mol. The molecule has 1 unspecified atom stereocenters. The van der Waals surface area contributed by atoms with Crippen LogP contribution in [-0.4, -0.2) is 0 Å². The predicted molar refractivity (Wildman–Crippen MR) is 61.8 cm³/mol. The van der Waals surface area contributed by atoms with Crippen LogP contribution in [0, 0.1) is 0 Å². The summed E-state index contributed by atoms with van der Waals surface area (Å²) >= 11 is 17.0. The lowest BCUT2D eigenvalue weighted by atomic mass is 10.1. The van der Waals surface area contributed by atoms with Crippen LogP contribution in [-0.2, 0) is 0 Å². The van der Waals surface area contributed by atoms with E-state index < -0.39 is 5.11 Å². The molecule has 0 amide bonds. The lowest BCUT2D eigenvalue weighted by Crippen LogP contribution is -1.86. The Kier molecular flexibility index (Phi) is 4.12. The van der Waals surface area contributed by atoms with Gasteiger partial charge in [0.2, 0.25) is 5.11 Å². The van der Waals surface area contributed by atoms with Crippen molar-refractivity contribution >= 4 is 38.8 Å². The molecule has 1 atom stereocenters. The first-order chi connectivity index (χ1) is 5.99. The third kappa shape index (κ3) is 4.37. The summed E-state index contributed by atoms with van der Waals surface area (Å²) in [5, 5.41) is -2.60. The summed E-state index contributed by atoms with van der Waals surface area (Å²) in [6, 6.07) is 9.71. The molecule has 1 rings (SSSR count). The van der Waals surface area contributed by atoms with Crippen LogP contribution in [0.25, 0.3) is 0 Å². The van der Waals surface area contributed by atoms with Crippen LogP contribution < -0.4 is 0 Å². The fraction of sp³-hybridized carbons (Fsp3) is 0.250. The standard InChI is InChI=1S/C8H9Cl3NP/c1-7(12-13(9,10)11)8-5-3-2-4-6-8/h2-7H,1H3. The van der Waals surface area contributed by atoms with Gasteiger partial charge in [0.25, 0.3) is 0 Å². The van der Waals surface area contributed by atoms with Crippen molar-refractivity contribution in [2.75, 3.05) is 0 Å². The highest BCUT2D eigenvalue weighted by Crippen LogP contribution is 2.66. The van der Waals surface area contributed by atoms with E-state index in [0.717, 1.165) is 5.56 Å². The fourth-order valence-corrected chi connectivity index (χ4v) is 2.70. The zero-order chi connectivity index (χ0) is 9.90. The molecule has 0 fully saturated rings. The number of benzene rings is 1. The summed E-state index contributed by atoms with van der Waals surface area (Å²) in [5.74, 6) is 0. The molecule has 0 aliphatic rings. The zero-order valence-electron chi connectivity index (χ0n) is 6.99. The molecule has 0 heterocycles. The molecule has 0 saturated carbocycles. The van der Waals surface area contributed by atoms with Gasteiger partial charge in [-0.2, -0.15) is 0 Å². The van der Waals surface area contributed by atoms with Crippen LogP contribution >= 0.6 is 38.8 Å². The van der Waals surface area contributed by atoms with Gasteiger partial charge >= 0.3 is 0 Å². The lowest BCUT2D eigenvalue weighted by Gasteiger charge is -2.08. The van der Waals surface area contributed by atoms with E-state index in [0.29, 0.717) is 0 Å². The fourth-order valence-electron chi connectivity index (χ4n) is 0.995. The van der Waals surface area contributed by atoms with Gasteiger partial charge < -0.3 is 0 Å². The van der Waals surface area contributed by atoms with Crippen LogP contribution in [0.15, 0.2) is 35.1 Å². The topological polar surface area (TPSA) is 12.4 Å². The summed E-state index contributed by atoms with van der Waals surface area (Å²) in [4.78, 5) is 0. The SMILES string of the molecule is CC(N=P(Cl)(Cl)Cl)c1ccccc1. The zero-order valence-corrected chi connectivity index (χ0v) is 10.2. The van der Waals surface area contributed by atoms with Crippen molar-refractivity contribution in [1.29, 1.82) is 0 Å². The first-order valence-electron chi connectivity index (χ1n) is 3.74. The molecule has 0 spiro atoms. The predicted octanol–water partition coefficient (Wildman–Crippen LogP) is 5.41. The average Bonchev–Trinajstić information content (AvgIpc) is 2.03. The second kappa shape index (κ2) is 4.70. The normalized spacial score (nSPS) is 13.8. The molecule has 72 valence electrons. The largest absolute Gasteiger partial charge is 0.253 e. The van der Waals surface area contributed by atoms with Gasteiger partial charge in [0.05, 0.1) is 6.04 Å². The summed E-state index contributed by atoms with van der Waals surface area (Å²) in [6.07, 6.45) is 0. The van der Waals surface area contributed by atoms with Crippen molar-refractivity contribution in [3.8, 4) is 0 Å². The number of halogens is 3. The third-order valence-electron chi connectivity index (χ3n) is 1.59. The van der Waals surface area contributed by atoms with Gasteiger partial charge in [-0.05, 0) is 46.2 Å². The minimum Gasteiger partial charge on any atom is -0.253 e. The van der Waals surface area contributed by atoms with Crippen molar-refractivity contribution in [3.63, 3.8) is 0 Å². The van der Waals surface area contributed by atoms with E-state index in [2.05, 4.69) is 4.74 Å². The molecule has 0 N–H and O–H groups in total. The maximum absolute atomic E-state index is 5.65. The molecule has 0 radical (unpaired) electrons. The van der Waals surface area contributed by atoms with E-state index in [1.807, 2.05) is 37.3 Å². The average molecular weight is 256 g/mol. The Morgan fingerprint density at radius 3 is 2.15 bits per heavy atom. The molecule has 1 aromatic rings. The molecular formula is C8H9Cl3NP. The Hall–Kier alpha value is 0.320. The highest BCUT2D eigenvalue weighted by molar-refractivity contribution is 8.26. The minimum atomic E-state index is -2.60. The van der Waals surface area contributed by atoms with E-state index >= 15 is 0 Å². The maximum Gasteiger partial charge on any atom is 0.224 e. The van der Waals surface area contributed by atoms with Gasteiger partial charge in [-0.25, -0.2) is 0 Å². The van der Waals surface area contributed by atoms with Gasteiger partial charge in [0.1, 0.15) is 0 Å². The van der Waals surface area contributed by atoms with Crippen LogP contribution in [0.3, 0.4) is 0 Å². The molecule has 5 heteroatoms. The number of hydrogen-bond acceptors (Lipinski definition) is 1. The molecule has 0 aromatic heterocycles. The second-order valence-electron chi connectivity index (χ2n) is 2.62. The summed E-state index contributed by atoms with van der Waals surface area (Å²) in [7, 11) is 0. The molecule has 0 aliphatic heterocycles. The molecule has 1 nitrogen and oxygen atoms in total. The van der Waals surface area contributed by atoms with Crippen molar-refractivity contribution in [2.24, 2.45) is 4.74 Å². The second-order valence-corrected chi connectivity index (χ2v) is 9.65. The molecule has 0 bridgehead atoms. The number of hydrogen-bond donors (Lipinski definition) is 0. The minimum absolute atomic E-state index is 0.0537. The lowest BCUT2D eigenvalue weighted by molar-refractivity contribution is 0.834. The van der Waals surface area contributed by atoms with Crippen molar-refractivity contribution in [3.05, 3.63) is 35.9 Å². The van der Waals surface area contributed by atoms with Gasteiger partial charge in [-0.15, -0.1) is 0 Å². The van der Waals surface area contributed by atoms with Crippen molar-refractivity contribution < 1.29 is 0 Å². The highest BCUT2D eigenvalue weighted by Gasteiger charge is 2.10. The van der Waals surface area contributed by atoms with Gasteiger partial charge in [0.15, 0.2) is 0 Å². The van der Waals surface area contributed by atoms with Crippen molar-refractivity contribution in [1.82, 2.24) is 0 Å². The summed E-state index contributed by atoms with van der Waals surface area (Å²) in [6.45, 7) is 1.91. The monoisotopic (exact) mass is 255 g/mol. The Labute approximate surface area is 92.4 Å². The number of nitrogens with zero attached hydrogens (tertiary/aromatic N) is 1. The first-order valence-corrected chi connectivity index (χ1v) is 8.20. The van der Waals surface area contributed by atoms with Crippen LogP contribution in [0.1, 0.15) is 18.5 Å².